The number of amides is 2. The first kappa shape index (κ1) is 20.8. The molecule has 0 aliphatic rings. The number of hydrazone groups is 1. The third kappa shape index (κ3) is 6.01. The lowest BCUT2D eigenvalue weighted by atomic mass is 10.1. The Morgan fingerprint density at radius 2 is 1.79 bits per heavy atom. The zero-order chi connectivity index (χ0) is 20.5. The van der Waals surface area contributed by atoms with Gasteiger partial charge in [0.05, 0.1) is 20.4 Å². The number of nitrogens with zero attached hydrogens (tertiary/aromatic N) is 1. The number of ether oxygens (including phenoxy) is 2. The van der Waals surface area contributed by atoms with E-state index in [9.17, 15) is 14.7 Å². The maximum atomic E-state index is 12.4. The summed E-state index contributed by atoms with van der Waals surface area (Å²) in [6, 6.07) is 10.8. The van der Waals surface area contributed by atoms with Gasteiger partial charge in [0.25, 0.3) is 5.91 Å². The Labute approximate surface area is 163 Å². The highest BCUT2D eigenvalue weighted by Gasteiger charge is 2.19. The van der Waals surface area contributed by atoms with Gasteiger partial charge in [-0.15, -0.1) is 0 Å². The molecule has 2 aromatic rings. The zero-order valence-corrected chi connectivity index (χ0v) is 15.9. The molecule has 0 fully saturated rings. The first-order valence-electron chi connectivity index (χ1n) is 8.53. The Morgan fingerprint density at radius 3 is 2.39 bits per heavy atom. The third-order valence-corrected chi connectivity index (χ3v) is 3.87. The summed E-state index contributed by atoms with van der Waals surface area (Å²) in [7, 11) is 3.07. The summed E-state index contributed by atoms with van der Waals surface area (Å²) < 4.78 is 10.4. The Morgan fingerprint density at radius 1 is 1.11 bits per heavy atom. The molecule has 0 spiro atoms. The van der Waals surface area contributed by atoms with Crippen molar-refractivity contribution in [3.8, 4) is 17.2 Å². The normalized spacial score (nSPS) is 11.7. The van der Waals surface area contributed by atoms with Gasteiger partial charge in [-0.3, -0.25) is 9.59 Å². The van der Waals surface area contributed by atoms with E-state index >= 15 is 0 Å². The van der Waals surface area contributed by atoms with Crippen molar-refractivity contribution < 1.29 is 24.2 Å². The standard InChI is InChI=1S/C20H23N3O5/c1-13(24)22-17(10-14-4-7-16(25)8-5-14)20(26)23-21-12-15-6-9-18(27-2)19(11-15)28-3/h4-9,11-12,17,25H,10H2,1-3H3,(H,22,24)(H,23,26)/b21-12-/t17-/m1/s1. The molecule has 0 bridgehead atoms. The Bertz CT molecular complexity index is 849. The fraction of sp³-hybridized carbons (Fsp3) is 0.250. The van der Waals surface area contributed by atoms with Crippen LogP contribution >= 0.6 is 0 Å². The molecule has 0 saturated carbocycles. The van der Waals surface area contributed by atoms with E-state index in [-0.39, 0.29) is 18.1 Å². The molecule has 0 heterocycles. The molecule has 0 aliphatic heterocycles. The quantitative estimate of drug-likeness (QED) is 0.472. The first-order valence-corrected chi connectivity index (χ1v) is 8.53. The largest absolute Gasteiger partial charge is 0.508 e. The molecule has 1 atom stereocenters. The van der Waals surface area contributed by atoms with Gasteiger partial charge in [-0.25, -0.2) is 5.43 Å². The summed E-state index contributed by atoms with van der Waals surface area (Å²) in [4.78, 5) is 23.9. The molecule has 0 aliphatic carbocycles. The van der Waals surface area contributed by atoms with Crippen molar-refractivity contribution in [2.45, 2.75) is 19.4 Å². The fourth-order valence-corrected chi connectivity index (χ4v) is 2.50. The van der Waals surface area contributed by atoms with Crippen LogP contribution in [-0.4, -0.2) is 43.4 Å². The van der Waals surface area contributed by atoms with E-state index in [2.05, 4.69) is 15.8 Å². The Kier molecular flexibility index (Phi) is 7.38. The average molecular weight is 385 g/mol. The minimum absolute atomic E-state index is 0.129. The molecular formula is C20H23N3O5. The van der Waals surface area contributed by atoms with Gasteiger partial charge < -0.3 is 19.9 Å². The van der Waals surface area contributed by atoms with Crippen molar-refractivity contribution >= 4 is 18.0 Å². The van der Waals surface area contributed by atoms with Crippen molar-refractivity contribution in [1.82, 2.24) is 10.7 Å². The minimum atomic E-state index is -0.801. The summed E-state index contributed by atoms with van der Waals surface area (Å²) in [6.45, 7) is 1.34. The number of benzene rings is 2. The highest BCUT2D eigenvalue weighted by Crippen LogP contribution is 2.26. The highest BCUT2D eigenvalue weighted by molar-refractivity contribution is 5.88. The molecule has 2 aromatic carbocycles. The van der Waals surface area contributed by atoms with Gasteiger partial charge in [0.15, 0.2) is 11.5 Å². The predicted molar refractivity (Wildman–Crippen MR) is 105 cm³/mol. The van der Waals surface area contributed by atoms with E-state index in [0.717, 1.165) is 5.56 Å². The van der Waals surface area contributed by atoms with Crippen LogP contribution in [0.15, 0.2) is 47.6 Å². The number of nitrogens with one attached hydrogen (secondary N) is 2. The van der Waals surface area contributed by atoms with E-state index in [4.69, 9.17) is 9.47 Å². The average Bonchev–Trinajstić information content (AvgIpc) is 2.68. The minimum Gasteiger partial charge on any atom is -0.508 e. The van der Waals surface area contributed by atoms with E-state index in [1.54, 1.807) is 37.4 Å². The number of rotatable bonds is 8. The number of methoxy groups -OCH3 is 2. The maximum Gasteiger partial charge on any atom is 0.262 e. The van der Waals surface area contributed by atoms with Gasteiger partial charge in [0.1, 0.15) is 11.8 Å². The molecule has 0 saturated heterocycles. The summed E-state index contributed by atoms with van der Waals surface area (Å²) in [6.07, 6.45) is 1.73. The third-order valence-electron chi connectivity index (χ3n) is 3.87. The van der Waals surface area contributed by atoms with Crippen molar-refractivity contribution in [2.75, 3.05) is 14.2 Å². The monoisotopic (exact) mass is 385 g/mol. The molecule has 148 valence electrons. The van der Waals surface area contributed by atoms with Crippen LogP contribution < -0.4 is 20.2 Å². The topological polar surface area (TPSA) is 109 Å². The first-order chi connectivity index (χ1) is 13.4. The van der Waals surface area contributed by atoms with Gasteiger partial charge in [-0.2, -0.15) is 5.10 Å². The smallest absolute Gasteiger partial charge is 0.262 e. The van der Waals surface area contributed by atoms with Gasteiger partial charge in [-0.1, -0.05) is 12.1 Å². The van der Waals surface area contributed by atoms with Crippen LogP contribution in [0.3, 0.4) is 0 Å². The molecule has 0 radical (unpaired) electrons. The number of phenols is 1. The molecule has 8 heteroatoms. The van der Waals surface area contributed by atoms with Crippen LogP contribution in [0.5, 0.6) is 17.2 Å². The lowest BCUT2D eigenvalue weighted by Gasteiger charge is -2.16. The van der Waals surface area contributed by atoms with Gasteiger partial charge in [0.2, 0.25) is 5.91 Å². The maximum absolute atomic E-state index is 12.4. The van der Waals surface area contributed by atoms with Crippen molar-refractivity contribution in [3.63, 3.8) is 0 Å². The van der Waals surface area contributed by atoms with Gasteiger partial charge in [-0.05, 0) is 41.5 Å². The van der Waals surface area contributed by atoms with E-state index in [0.29, 0.717) is 17.1 Å². The second-order valence-electron chi connectivity index (χ2n) is 5.97. The summed E-state index contributed by atoms with van der Waals surface area (Å²) in [5.74, 6) is 0.469. The zero-order valence-electron chi connectivity index (χ0n) is 15.9. The summed E-state index contributed by atoms with van der Waals surface area (Å²) in [5.41, 5.74) is 3.92. The van der Waals surface area contributed by atoms with Gasteiger partial charge >= 0.3 is 0 Å². The van der Waals surface area contributed by atoms with Crippen LogP contribution in [-0.2, 0) is 16.0 Å². The van der Waals surface area contributed by atoms with Crippen LogP contribution in [0, 0.1) is 0 Å². The van der Waals surface area contributed by atoms with E-state index in [1.807, 2.05) is 0 Å². The number of carbonyl (C=O) groups is 2. The van der Waals surface area contributed by atoms with Crippen molar-refractivity contribution in [2.24, 2.45) is 5.10 Å². The number of phenolic OH excluding ortho intramolecular Hbond substituents is 1. The molecule has 28 heavy (non-hydrogen) atoms. The van der Waals surface area contributed by atoms with Gasteiger partial charge in [0, 0.05) is 13.3 Å². The molecule has 8 nitrogen and oxygen atoms in total. The van der Waals surface area contributed by atoms with Crippen LogP contribution in [0.2, 0.25) is 0 Å². The van der Waals surface area contributed by atoms with Crippen molar-refractivity contribution in [3.05, 3.63) is 53.6 Å². The van der Waals surface area contributed by atoms with Crippen LogP contribution in [0.4, 0.5) is 0 Å². The number of aromatic hydroxyl groups is 1. The molecule has 2 rings (SSSR count). The SMILES string of the molecule is COc1ccc(/C=N\NC(=O)[C@@H](Cc2ccc(O)cc2)NC(C)=O)cc1OC. The van der Waals surface area contributed by atoms with E-state index in [1.165, 1.54) is 32.4 Å². The van der Waals surface area contributed by atoms with Crippen LogP contribution in [0.1, 0.15) is 18.1 Å². The summed E-state index contributed by atoms with van der Waals surface area (Å²) >= 11 is 0. The predicted octanol–water partition coefficient (Wildman–Crippen LogP) is 1.61. The number of hydrogen-bond acceptors (Lipinski definition) is 6. The molecule has 2 amide bonds. The lowest BCUT2D eigenvalue weighted by Crippen LogP contribution is -2.46. The molecule has 3 N–H and O–H groups in total. The highest BCUT2D eigenvalue weighted by atomic mass is 16.5. The molecular weight excluding hydrogens is 362 g/mol. The van der Waals surface area contributed by atoms with Crippen molar-refractivity contribution in [1.29, 1.82) is 0 Å². The number of hydrogen-bond donors (Lipinski definition) is 3. The fourth-order valence-electron chi connectivity index (χ4n) is 2.50. The lowest BCUT2D eigenvalue weighted by molar-refractivity contribution is -0.128. The molecule has 0 unspecified atom stereocenters. The second-order valence-corrected chi connectivity index (χ2v) is 5.97. The van der Waals surface area contributed by atoms with Crippen LogP contribution in [0.25, 0.3) is 0 Å². The second kappa shape index (κ2) is 9.96. The summed E-state index contributed by atoms with van der Waals surface area (Å²) in [5, 5.41) is 15.9. The Balaban J connectivity index is 2.05. The number of carbonyl (C=O) groups excluding carboxylic acids is 2. The van der Waals surface area contributed by atoms with E-state index < -0.39 is 11.9 Å². The Hall–Kier alpha value is -3.55. The molecule has 0 aromatic heterocycles.